The van der Waals surface area contributed by atoms with Crippen molar-refractivity contribution in [3.63, 3.8) is 0 Å². The predicted molar refractivity (Wildman–Crippen MR) is 168 cm³/mol. The van der Waals surface area contributed by atoms with Gasteiger partial charge < -0.3 is 40.5 Å². The number of ether oxygens (including phenoxy) is 3. The molecule has 0 aliphatic carbocycles. The number of rotatable bonds is 9. The van der Waals surface area contributed by atoms with Gasteiger partial charge in [-0.3, -0.25) is 4.79 Å². The molecule has 3 aromatic heterocycles. The lowest BCUT2D eigenvalue weighted by Crippen LogP contribution is -2.50. The van der Waals surface area contributed by atoms with Crippen LogP contribution in [0.4, 0.5) is 11.6 Å². The number of nitrogen functional groups attached to an aromatic ring is 2. The number of esters is 1. The van der Waals surface area contributed by atoms with Gasteiger partial charge in [0.25, 0.3) is 0 Å². The topological polar surface area (TPSA) is 188 Å². The van der Waals surface area contributed by atoms with Crippen molar-refractivity contribution < 1.29 is 28.5 Å². The molecule has 12 nitrogen and oxygen atoms in total. The van der Waals surface area contributed by atoms with E-state index in [-0.39, 0.29) is 34.7 Å². The van der Waals surface area contributed by atoms with Crippen LogP contribution in [0.25, 0.3) is 22.2 Å². The Hall–Kier alpha value is -4.68. The molecule has 1 aromatic carbocycles. The van der Waals surface area contributed by atoms with Gasteiger partial charge in [0.05, 0.1) is 11.8 Å². The summed E-state index contributed by atoms with van der Waals surface area (Å²) < 4.78 is 24.1. The summed E-state index contributed by atoms with van der Waals surface area (Å²) in [6.45, 7) is 5.83. The Morgan fingerprint density at radius 2 is 1.98 bits per heavy atom. The summed E-state index contributed by atoms with van der Waals surface area (Å²) >= 11 is 0. The Morgan fingerprint density at radius 1 is 1.18 bits per heavy atom. The first-order chi connectivity index (χ1) is 21.4. The number of fused-ring (bicyclic) bond motifs is 2. The van der Waals surface area contributed by atoms with Crippen LogP contribution < -0.4 is 26.9 Å². The van der Waals surface area contributed by atoms with Gasteiger partial charge in [0, 0.05) is 42.3 Å². The molecule has 1 fully saturated rings. The Bertz CT molecular complexity index is 1860. The Labute approximate surface area is 259 Å². The number of pyridine rings is 2. The largest absolute Gasteiger partial charge is 0.507 e. The van der Waals surface area contributed by atoms with Crippen LogP contribution in [-0.2, 0) is 27.1 Å². The lowest BCUT2D eigenvalue weighted by Gasteiger charge is -2.39. The van der Waals surface area contributed by atoms with E-state index in [9.17, 15) is 14.7 Å². The van der Waals surface area contributed by atoms with E-state index >= 15 is 0 Å². The first-order valence-corrected chi connectivity index (χ1v) is 14.9. The Balaban J connectivity index is 1.20. The molecule has 236 valence electrons. The predicted octanol–water partition coefficient (Wildman–Crippen LogP) is 3.43. The minimum atomic E-state index is -1.13. The molecule has 0 unspecified atom stereocenters. The summed E-state index contributed by atoms with van der Waals surface area (Å²) in [7, 11) is 1.81. The van der Waals surface area contributed by atoms with Crippen LogP contribution in [0.3, 0.4) is 0 Å². The van der Waals surface area contributed by atoms with E-state index in [1.54, 1.807) is 31.3 Å². The quantitative estimate of drug-likeness (QED) is 0.159. The second-order valence-corrected chi connectivity index (χ2v) is 12.2. The van der Waals surface area contributed by atoms with E-state index in [0.29, 0.717) is 60.2 Å². The third kappa shape index (κ3) is 5.78. The monoisotopic (exact) mass is 615 g/mol. The number of carbonyl (C=O) groups is 1. The summed E-state index contributed by atoms with van der Waals surface area (Å²) in [6, 6.07) is 10.2. The second kappa shape index (κ2) is 11.4. The van der Waals surface area contributed by atoms with Crippen molar-refractivity contribution in [1.29, 1.82) is 0 Å². The molecule has 0 saturated carbocycles. The van der Waals surface area contributed by atoms with E-state index in [4.69, 9.17) is 30.1 Å². The molecule has 3 atom stereocenters. The van der Waals surface area contributed by atoms with Gasteiger partial charge in [-0.15, -0.1) is 0 Å². The van der Waals surface area contributed by atoms with Crippen LogP contribution in [-0.4, -0.2) is 58.0 Å². The van der Waals surface area contributed by atoms with Crippen LogP contribution in [0, 0.1) is 6.92 Å². The molecule has 1 saturated heterocycles. The number of hydrogen-bond acceptors (Lipinski definition) is 12. The number of aromatic hydroxyl groups is 1. The summed E-state index contributed by atoms with van der Waals surface area (Å²) in [6.07, 6.45) is 2.18. The highest BCUT2D eigenvalue weighted by molar-refractivity contribution is 5.87. The number of carbonyl (C=O) groups excluding carboxylic acids is 1. The molecule has 2 aliphatic heterocycles. The molecule has 4 aromatic rings. The van der Waals surface area contributed by atoms with E-state index in [1.165, 1.54) is 6.07 Å². The lowest BCUT2D eigenvalue weighted by atomic mass is 9.89. The average Bonchev–Trinajstić information content (AvgIpc) is 3.69. The zero-order valence-electron chi connectivity index (χ0n) is 25.7. The third-order valence-electron chi connectivity index (χ3n) is 8.55. The third-order valence-corrected chi connectivity index (χ3v) is 8.55. The molecule has 2 aliphatic rings. The molecule has 45 heavy (non-hydrogen) atoms. The van der Waals surface area contributed by atoms with Gasteiger partial charge in [0.2, 0.25) is 0 Å². The van der Waals surface area contributed by atoms with E-state index in [0.717, 1.165) is 11.1 Å². The molecule has 0 bridgehead atoms. The van der Waals surface area contributed by atoms with Crippen molar-refractivity contribution in [2.45, 2.75) is 69.9 Å². The first kappa shape index (κ1) is 30.4. The van der Waals surface area contributed by atoms with Gasteiger partial charge in [-0.05, 0) is 77.0 Å². The van der Waals surface area contributed by atoms with Crippen molar-refractivity contribution in [3.05, 3.63) is 69.7 Å². The maximum absolute atomic E-state index is 13.8. The SMILES string of the molecule is CNCC[C@]1(C(=O)O[C@@H]2Cc3c(cc4oc(C)cc(=O)c4c3O)OC2(C)C)O[C@@H]1CCc1cc(N)nc(-c2ccnc(N)c2)c1. The smallest absolute Gasteiger partial charge is 0.341 e. The van der Waals surface area contributed by atoms with Crippen molar-refractivity contribution in [3.8, 4) is 22.8 Å². The fraction of sp³-hybridized carbons (Fsp3) is 0.394. The Morgan fingerprint density at radius 3 is 2.73 bits per heavy atom. The number of anilines is 2. The molecular formula is C33H37N5O7. The molecule has 6 N–H and O–H groups in total. The van der Waals surface area contributed by atoms with E-state index < -0.39 is 23.3 Å². The molecular weight excluding hydrogens is 578 g/mol. The van der Waals surface area contributed by atoms with Gasteiger partial charge in [-0.25, -0.2) is 14.8 Å². The van der Waals surface area contributed by atoms with Gasteiger partial charge >= 0.3 is 5.97 Å². The van der Waals surface area contributed by atoms with Crippen molar-refractivity contribution in [2.75, 3.05) is 25.1 Å². The first-order valence-electron chi connectivity index (χ1n) is 14.9. The molecule has 6 rings (SSSR count). The van der Waals surface area contributed by atoms with Crippen LogP contribution >= 0.6 is 0 Å². The van der Waals surface area contributed by atoms with Crippen LogP contribution in [0.2, 0.25) is 0 Å². The molecule has 0 amide bonds. The highest BCUT2D eigenvalue weighted by Gasteiger charge is 2.63. The summed E-state index contributed by atoms with van der Waals surface area (Å²) in [5.74, 6) is 0.832. The minimum Gasteiger partial charge on any atom is -0.507 e. The fourth-order valence-electron chi connectivity index (χ4n) is 6.05. The maximum Gasteiger partial charge on any atom is 0.341 e. The number of nitrogens with zero attached hydrogens (tertiary/aromatic N) is 2. The summed E-state index contributed by atoms with van der Waals surface area (Å²) in [4.78, 5) is 35.0. The maximum atomic E-state index is 13.8. The zero-order chi connectivity index (χ0) is 32.1. The van der Waals surface area contributed by atoms with Crippen LogP contribution in [0.15, 0.2) is 51.8 Å². The molecule has 12 heteroatoms. The standard InChI is InChI=1S/C33H37N5O7/c1-17-11-22(39)29-24(42-17)16-23-20(30(29)40)15-26(32(2,3)44-23)43-31(41)33(8-10-36-4)25(45-33)6-5-18-12-21(38-28(35)13-18)19-7-9-37-27(34)14-19/h7,9,11-14,16,25-26,36,40H,5-6,8,10,15H2,1-4H3,(H2,34,37)(H2,35,38)/t25-,26-,33+/m1/s1. The number of hydrogen-bond donors (Lipinski definition) is 4. The summed E-state index contributed by atoms with van der Waals surface area (Å²) in [5.41, 5.74) is 12.6. The van der Waals surface area contributed by atoms with Gasteiger partial charge in [-0.2, -0.15) is 0 Å². The number of phenolic OH excluding ortho intramolecular Hbond substituents is 1. The second-order valence-electron chi connectivity index (χ2n) is 12.2. The van der Waals surface area contributed by atoms with Crippen LogP contribution in [0.1, 0.15) is 43.6 Å². The fourth-order valence-corrected chi connectivity index (χ4v) is 6.05. The van der Waals surface area contributed by atoms with E-state index in [1.807, 2.05) is 33.0 Å². The van der Waals surface area contributed by atoms with Gasteiger partial charge in [0.15, 0.2) is 11.0 Å². The van der Waals surface area contributed by atoms with Crippen molar-refractivity contribution in [2.24, 2.45) is 0 Å². The number of benzene rings is 1. The highest BCUT2D eigenvalue weighted by Crippen LogP contribution is 2.47. The number of phenols is 1. The summed E-state index contributed by atoms with van der Waals surface area (Å²) in [5, 5.41) is 14.2. The molecule has 0 radical (unpaired) electrons. The molecule has 5 heterocycles. The number of epoxide rings is 1. The number of aryl methyl sites for hydroxylation is 2. The average molecular weight is 616 g/mol. The van der Waals surface area contributed by atoms with Gasteiger partial charge in [0.1, 0.15) is 51.6 Å². The zero-order valence-corrected chi connectivity index (χ0v) is 25.7. The Kier molecular flexibility index (Phi) is 7.66. The number of nitrogens with one attached hydrogen (secondary N) is 1. The minimum absolute atomic E-state index is 0.0659. The van der Waals surface area contributed by atoms with Crippen LogP contribution in [0.5, 0.6) is 11.5 Å². The van der Waals surface area contributed by atoms with E-state index in [2.05, 4.69) is 15.3 Å². The number of aromatic nitrogens is 2. The van der Waals surface area contributed by atoms with Crippen molar-refractivity contribution >= 4 is 28.6 Å². The normalized spacial score (nSPS) is 21.6. The van der Waals surface area contributed by atoms with Gasteiger partial charge in [-0.1, -0.05) is 0 Å². The lowest BCUT2D eigenvalue weighted by molar-refractivity contribution is -0.167. The number of nitrogens with two attached hydrogens (primary N) is 2. The highest BCUT2D eigenvalue weighted by atomic mass is 16.7. The molecule has 0 spiro atoms. The van der Waals surface area contributed by atoms with Crippen molar-refractivity contribution in [1.82, 2.24) is 15.3 Å².